The highest BCUT2D eigenvalue weighted by atomic mass is 79.9. The Hall–Kier alpha value is -1.03. The van der Waals surface area contributed by atoms with Gasteiger partial charge in [0.25, 0.3) is 0 Å². The Kier molecular flexibility index (Phi) is 3.31. The number of esters is 1. The Morgan fingerprint density at radius 3 is 2.69 bits per heavy atom. The fourth-order valence-electron chi connectivity index (χ4n) is 0.970. The molecule has 0 aromatic heterocycles. The van der Waals surface area contributed by atoms with Crippen molar-refractivity contribution in [3.05, 3.63) is 28.2 Å². The molecular formula is C9H10BrNO2. The van der Waals surface area contributed by atoms with Crippen molar-refractivity contribution in [3.63, 3.8) is 0 Å². The van der Waals surface area contributed by atoms with Crippen molar-refractivity contribution in [2.45, 2.75) is 0 Å². The van der Waals surface area contributed by atoms with Crippen molar-refractivity contribution < 1.29 is 9.53 Å². The molecule has 0 fully saturated rings. The molecule has 1 aromatic carbocycles. The van der Waals surface area contributed by atoms with Gasteiger partial charge in [-0.15, -0.1) is 0 Å². The number of hydrogen-bond acceptors (Lipinski definition) is 3. The molecule has 0 radical (unpaired) electrons. The lowest BCUT2D eigenvalue weighted by molar-refractivity contribution is 0.0600. The van der Waals surface area contributed by atoms with Crippen molar-refractivity contribution in [1.82, 2.24) is 0 Å². The largest absolute Gasteiger partial charge is 0.465 e. The highest BCUT2D eigenvalue weighted by Gasteiger charge is 2.06. The van der Waals surface area contributed by atoms with Gasteiger partial charge in [-0.25, -0.2) is 4.79 Å². The lowest BCUT2D eigenvalue weighted by Crippen LogP contribution is -2.02. The van der Waals surface area contributed by atoms with Crippen LogP contribution in [0.25, 0.3) is 0 Å². The summed E-state index contributed by atoms with van der Waals surface area (Å²) in [5.41, 5.74) is 1.40. The number of benzene rings is 1. The quantitative estimate of drug-likeness (QED) is 0.811. The normalized spacial score (nSPS) is 9.46. The Morgan fingerprint density at radius 2 is 2.15 bits per heavy atom. The van der Waals surface area contributed by atoms with Gasteiger partial charge in [-0.05, 0) is 18.2 Å². The van der Waals surface area contributed by atoms with Crippen molar-refractivity contribution in [3.8, 4) is 0 Å². The minimum absolute atomic E-state index is 0.335. The maximum atomic E-state index is 11.2. The molecule has 1 aromatic rings. The fraction of sp³-hybridized carbons (Fsp3) is 0.222. The van der Waals surface area contributed by atoms with Crippen LogP contribution < -0.4 is 5.32 Å². The van der Waals surface area contributed by atoms with E-state index in [9.17, 15) is 4.79 Å². The van der Waals surface area contributed by atoms with Crippen LogP contribution >= 0.6 is 15.9 Å². The molecule has 0 saturated carbocycles. The molecular weight excluding hydrogens is 234 g/mol. The zero-order chi connectivity index (χ0) is 9.84. The van der Waals surface area contributed by atoms with Crippen LogP contribution in [0.15, 0.2) is 22.7 Å². The Labute approximate surface area is 85.2 Å². The van der Waals surface area contributed by atoms with Crippen LogP contribution in [0.5, 0.6) is 0 Å². The summed E-state index contributed by atoms with van der Waals surface area (Å²) in [4.78, 5) is 11.2. The summed E-state index contributed by atoms with van der Waals surface area (Å²) >= 11 is 3.30. The second-order valence-corrected chi connectivity index (χ2v) is 3.39. The highest BCUT2D eigenvalue weighted by molar-refractivity contribution is 9.10. The van der Waals surface area contributed by atoms with Gasteiger partial charge in [0, 0.05) is 17.2 Å². The minimum atomic E-state index is -0.335. The molecule has 0 aliphatic carbocycles. The molecule has 0 spiro atoms. The second-order valence-electron chi connectivity index (χ2n) is 2.47. The van der Waals surface area contributed by atoms with E-state index in [1.54, 1.807) is 19.2 Å². The summed E-state index contributed by atoms with van der Waals surface area (Å²) in [6.07, 6.45) is 0. The Morgan fingerprint density at radius 1 is 1.46 bits per heavy atom. The SMILES string of the molecule is CNc1cc(Br)cc(C(=O)OC)c1. The van der Waals surface area contributed by atoms with Crippen LogP contribution in [0, 0.1) is 0 Å². The van der Waals surface area contributed by atoms with Gasteiger partial charge < -0.3 is 10.1 Å². The summed E-state index contributed by atoms with van der Waals surface area (Å²) in [5.74, 6) is -0.335. The number of halogens is 1. The van der Waals surface area contributed by atoms with Crippen molar-refractivity contribution in [2.24, 2.45) is 0 Å². The Balaban J connectivity index is 3.08. The van der Waals surface area contributed by atoms with E-state index in [0.717, 1.165) is 10.2 Å². The first kappa shape index (κ1) is 10.1. The summed E-state index contributed by atoms with van der Waals surface area (Å²) in [6.45, 7) is 0. The van der Waals surface area contributed by atoms with Crippen LogP contribution in [-0.4, -0.2) is 20.1 Å². The standard InChI is InChI=1S/C9H10BrNO2/c1-11-8-4-6(9(12)13-2)3-7(10)5-8/h3-5,11H,1-2H3. The highest BCUT2D eigenvalue weighted by Crippen LogP contribution is 2.19. The van der Waals surface area contributed by atoms with E-state index in [0.29, 0.717) is 5.56 Å². The average Bonchev–Trinajstić information content (AvgIpc) is 2.15. The first-order chi connectivity index (χ1) is 6.17. The predicted molar refractivity (Wildman–Crippen MR) is 55.0 cm³/mol. The van der Waals surface area contributed by atoms with Gasteiger partial charge in [0.1, 0.15) is 0 Å². The maximum absolute atomic E-state index is 11.2. The van der Waals surface area contributed by atoms with Crippen molar-refractivity contribution >= 4 is 27.6 Å². The van der Waals surface area contributed by atoms with Gasteiger partial charge in [0.2, 0.25) is 0 Å². The zero-order valence-corrected chi connectivity index (χ0v) is 9.01. The molecule has 4 heteroatoms. The van der Waals surface area contributed by atoms with E-state index in [-0.39, 0.29) is 5.97 Å². The number of carbonyl (C=O) groups is 1. The van der Waals surface area contributed by atoms with Gasteiger partial charge in [0.15, 0.2) is 0 Å². The number of anilines is 1. The third-order valence-electron chi connectivity index (χ3n) is 1.61. The first-order valence-corrected chi connectivity index (χ1v) is 4.53. The molecule has 70 valence electrons. The predicted octanol–water partition coefficient (Wildman–Crippen LogP) is 2.28. The van der Waals surface area contributed by atoms with E-state index in [1.165, 1.54) is 7.11 Å². The number of methoxy groups -OCH3 is 1. The smallest absolute Gasteiger partial charge is 0.337 e. The molecule has 0 amide bonds. The van der Waals surface area contributed by atoms with E-state index in [1.807, 2.05) is 6.07 Å². The van der Waals surface area contributed by atoms with E-state index in [2.05, 4.69) is 26.0 Å². The number of nitrogens with one attached hydrogen (secondary N) is 1. The third kappa shape index (κ3) is 2.45. The van der Waals surface area contributed by atoms with E-state index < -0.39 is 0 Å². The molecule has 3 nitrogen and oxygen atoms in total. The first-order valence-electron chi connectivity index (χ1n) is 3.74. The van der Waals surface area contributed by atoms with Gasteiger partial charge in [-0.1, -0.05) is 15.9 Å². The zero-order valence-electron chi connectivity index (χ0n) is 7.43. The lowest BCUT2D eigenvalue weighted by Gasteiger charge is -2.04. The van der Waals surface area contributed by atoms with E-state index >= 15 is 0 Å². The molecule has 0 aliphatic heterocycles. The van der Waals surface area contributed by atoms with Crippen LogP contribution in [0.2, 0.25) is 0 Å². The molecule has 1 rings (SSSR count). The van der Waals surface area contributed by atoms with Crippen LogP contribution in [0.4, 0.5) is 5.69 Å². The summed E-state index contributed by atoms with van der Waals surface area (Å²) in [6, 6.07) is 5.33. The molecule has 0 aliphatic rings. The fourth-order valence-corrected chi connectivity index (χ4v) is 1.46. The summed E-state index contributed by atoms with van der Waals surface area (Å²) < 4.78 is 5.45. The Bertz CT molecular complexity index is 325. The van der Waals surface area contributed by atoms with Crippen LogP contribution in [0.1, 0.15) is 10.4 Å². The number of hydrogen-bond donors (Lipinski definition) is 1. The molecule has 0 bridgehead atoms. The van der Waals surface area contributed by atoms with Gasteiger partial charge in [0.05, 0.1) is 12.7 Å². The van der Waals surface area contributed by atoms with Gasteiger partial charge in [-0.3, -0.25) is 0 Å². The van der Waals surface area contributed by atoms with Gasteiger partial charge in [-0.2, -0.15) is 0 Å². The molecule has 13 heavy (non-hydrogen) atoms. The molecule has 0 unspecified atom stereocenters. The average molecular weight is 244 g/mol. The number of carbonyl (C=O) groups excluding carboxylic acids is 1. The van der Waals surface area contributed by atoms with Gasteiger partial charge >= 0.3 is 5.97 Å². The number of ether oxygens (including phenoxy) is 1. The molecule has 0 heterocycles. The molecule has 0 saturated heterocycles. The van der Waals surface area contributed by atoms with Crippen LogP contribution in [-0.2, 0) is 4.74 Å². The number of rotatable bonds is 2. The van der Waals surface area contributed by atoms with Crippen LogP contribution in [0.3, 0.4) is 0 Å². The lowest BCUT2D eigenvalue weighted by atomic mass is 10.2. The molecule has 0 atom stereocenters. The maximum Gasteiger partial charge on any atom is 0.337 e. The second kappa shape index (κ2) is 4.28. The van der Waals surface area contributed by atoms with E-state index in [4.69, 9.17) is 0 Å². The summed E-state index contributed by atoms with van der Waals surface area (Å²) in [7, 11) is 3.16. The van der Waals surface area contributed by atoms with Crippen molar-refractivity contribution in [2.75, 3.05) is 19.5 Å². The van der Waals surface area contributed by atoms with Crippen molar-refractivity contribution in [1.29, 1.82) is 0 Å². The third-order valence-corrected chi connectivity index (χ3v) is 2.07. The minimum Gasteiger partial charge on any atom is -0.465 e. The molecule has 1 N–H and O–H groups in total. The summed E-state index contributed by atoms with van der Waals surface area (Å²) in [5, 5.41) is 2.95. The topological polar surface area (TPSA) is 38.3 Å². The monoisotopic (exact) mass is 243 g/mol.